The van der Waals surface area contributed by atoms with Crippen molar-refractivity contribution in [3.63, 3.8) is 0 Å². The van der Waals surface area contributed by atoms with Crippen LogP contribution in [-0.2, 0) is 4.79 Å². The summed E-state index contributed by atoms with van der Waals surface area (Å²) in [6, 6.07) is 9.31. The first kappa shape index (κ1) is 20.4. The van der Waals surface area contributed by atoms with Gasteiger partial charge in [0.25, 0.3) is 5.91 Å². The number of nitrogens with one attached hydrogen (secondary N) is 2. The van der Waals surface area contributed by atoms with E-state index in [0.29, 0.717) is 5.69 Å². The van der Waals surface area contributed by atoms with E-state index in [1.54, 1.807) is 18.2 Å². The lowest BCUT2D eigenvalue weighted by molar-refractivity contribution is -0.114. The SMILES string of the molecule is COc1ccc(C=NNC(=O)c2cccc(NC(C)=O)c2)c(C(=O)O)c1OC. The molecule has 9 nitrogen and oxygen atoms in total. The molecule has 0 heterocycles. The lowest BCUT2D eigenvalue weighted by Gasteiger charge is -2.12. The summed E-state index contributed by atoms with van der Waals surface area (Å²) < 4.78 is 10.2. The van der Waals surface area contributed by atoms with Crippen molar-refractivity contribution >= 4 is 29.7 Å². The number of carboxylic acid groups (broad SMARTS) is 1. The number of rotatable bonds is 7. The minimum Gasteiger partial charge on any atom is -0.493 e. The molecule has 0 aromatic heterocycles. The maximum atomic E-state index is 12.2. The van der Waals surface area contributed by atoms with Gasteiger partial charge in [-0.3, -0.25) is 9.59 Å². The number of anilines is 1. The van der Waals surface area contributed by atoms with E-state index in [4.69, 9.17) is 9.47 Å². The van der Waals surface area contributed by atoms with Crippen LogP contribution in [0.2, 0.25) is 0 Å². The van der Waals surface area contributed by atoms with Gasteiger partial charge < -0.3 is 19.9 Å². The molecule has 9 heteroatoms. The summed E-state index contributed by atoms with van der Waals surface area (Å²) in [6.07, 6.45) is 1.20. The highest BCUT2D eigenvalue weighted by Crippen LogP contribution is 2.32. The number of carbonyl (C=O) groups excluding carboxylic acids is 2. The fraction of sp³-hybridized carbons (Fsp3) is 0.158. The van der Waals surface area contributed by atoms with Crippen LogP contribution in [0, 0.1) is 0 Å². The van der Waals surface area contributed by atoms with Crippen molar-refractivity contribution in [3.05, 3.63) is 53.1 Å². The number of benzene rings is 2. The van der Waals surface area contributed by atoms with E-state index in [9.17, 15) is 19.5 Å². The van der Waals surface area contributed by atoms with Crippen LogP contribution in [0.25, 0.3) is 0 Å². The fourth-order valence-corrected chi connectivity index (χ4v) is 2.44. The van der Waals surface area contributed by atoms with E-state index < -0.39 is 11.9 Å². The fourth-order valence-electron chi connectivity index (χ4n) is 2.44. The van der Waals surface area contributed by atoms with Crippen LogP contribution in [0.15, 0.2) is 41.5 Å². The summed E-state index contributed by atoms with van der Waals surface area (Å²) in [7, 11) is 2.72. The second-order valence-corrected chi connectivity index (χ2v) is 5.53. The number of ether oxygens (including phenoxy) is 2. The van der Waals surface area contributed by atoms with Gasteiger partial charge in [-0.1, -0.05) is 6.07 Å². The Hall–Kier alpha value is -3.88. The molecule has 2 rings (SSSR count). The Morgan fingerprint density at radius 3 is 2.46 bits per heavy atom. The van der Waals surface area contributed by atoms with Crippen molar-refractivity contribution in [2.24, 2.45) is 5.10 Å². The van der Waals surface area contributed by atoms with Gasteiger partial charge in [0.05, 0.1) is 20.4 Å². The minimum absolute atomic E-state index is 0.0493. The Morgan fingerprint density at radius 1 is 1.11 bits per heavy atom. The Kier molecular flexibility index (Phi) is 6.69. The lowest BCUT2D eigenvalue weighted by Crippen LogP contribution is -2.18. The predicted molar refractivity (Wildman–Crippen MR) is 102 cm³/mol. The highest BCUT2D eigenvalue weighted by atomic mass is 16.5. The molecular weight excluding hydrogens is 366 g/mol. The van der Waals surface area contributed by atoms with Gasteiger partial charge in [-0.05, 0) is 30.3 Å². The van der Waals surface area contributed by atoms with Crippen LogP contribution < -0.4 is 20.2 Å². The van der Waals surface area contributed by atoms with Crippen LogP contribution >= 0.6 is 0 Å². The molecule has 2 amide bonds. The largest absolute Gasteiger partial charge is 0.493 e. The second-order valence-electron chi connectivity index (χ2n) is 5.53. The third kappa shape index (κ3) is 4.85. The Morgan fingerprint density at radius 2 is 1.86 bits per heavy atom. The normalized spacial score (nSPS) is 10.4. The number of aromatic carboxylic acids is 1. The van der Waals surface area contributed by atoms with Gasteiger partial charge in [-0.2, -0.15) is 5.10 Å². The van der Waals surface area contributed by atoms with Gasteiger partial charge in [0, 0.05) is 23.7 Å². The number of amides is 2. The molecule has 0 spiro atoms. The van der Waals surface area contributed by atoms with Gasteiger partial charge in [-0.25, -0.2) is 10.2 Å². The number of hydrazone groups is 1. The summed E-state index contributed by atoms with van der Waals surface area (Å²) in [5.74, 6) is -1.71. The van der Waals surface area contributed by atoms with Crippen molar-refractivity contribution < 1.29 is 29.0 Å². The van der Waals surface area contributed by atoms with E-state index in [-0.39, 0.29) is 34.1 Å². The van der Waals surface area contributed by atoms with E-state index >= 15 is 0 Å². The Bertz CT molecular complexity index is 939. The van der Waals surface area contributed by atoms with E-state index in [2.05, 4.69) is 15.8 Å². The third-order valence-electron chi connectivity index (χ3n) is 3.61. The molecule has 0 unspecified atom stereocenters. The number of carboxylic acids is 1. The molecule has 0 saturated heterocycles. The second kappa shape index (κ2) is 9.17. The van der Waals surface area contributed by atoms with Gasteiger partial charge in [0.15, 0.2) is 11.5 Å². The quantitative estimate of drug-likeness (QED) is 0.495. The number of carbonyl (C=O) groups is 3. The summed E-state index contributed by atoms with van der Waals surface area (Å²) in [4.78, 5) is 34.9. The third-order valence-corrected chi connectivity index (χ3v) is 3.61. The van der Waals surface area contributed by atoms with Gasteiger partial charge in [0.1, 0.15) is 5.56 Å². The Labute approximate surface area is 161 Å². The van der Waals surface area contributed by atoms with Crippen molar-refractivity contribution in [2.45, 2.75) is 6.92 Å². The summed E-state index contributed by atoms with van der Waals surface area (Å²) in [6.45, 7) is 1.36. The zero-order valence-corrected chi connectivity index (χ0v) is 15.5. The van der Waals surface area contributed by atoms with E-state index in [0.717, 1.165) is 0 Å². The van der Waals surface area contributed by atoms with Crippen LogP contribution in [0.3, 0.4) is 0 Å². The van der Waals surface area contributed by atoms with Crippen LogP contribution in [0.4, 0.5) is 5.69 Å². The maximum absolute atomic E-state index is 12.2. The molecule has 0 aliphatic rings. The first-order chi connectivity index (χ1) is 13.4. The number of hydrogen-bond donors (Lipinski definition) is 3. The highest BCUT2D eigenvalue weighted by Gasteiger charge is 2.20. The molecule has 0 radical (unpaired) electrons. The van der Waals surface area contributed by atoms with E-state index in [1.807, 2.05) is 0 Å². The molecule has 2 aromatic carbocycles. The van der Waals surface area contributed by atoms with Crippen molar-refractivity contribution in [1.29, 1.82) is 0 Å². The monoisotopic (exact) mass is 385 g/mol. The smallest absolute Gasteiger partial charge is 0.340 e. The van der Waals surface area contributed by atoms with Crippen LogP contribution in [0.1, 0.15) is 33.2 Å². The topological polar surface area (TPSA) is 126 Å². The predicted octanol–water partition coefficient (Wildman–Crippen LogP) is 2.12. The molecule has 0 bridgehead atoms. The number of methoxy groups -OCH3 is 2. The van der Waals surface area contributed by atoms with Gasteiger partial charge in [-0.15, -0.1) is 0 Å². The highest BCUT2D eigenvalue weighted by molar-refractivity contribution is 6.02. The average molecular weight is 385 g/mol. The molecule has 0 aliphatic heterocycles. The molecule has 2 aromatic rings. The summed E-state index contributed by atoms with van der Waals surface area (Å²) >= 11 is 0. The molecule has 0 aliphatic carbocycles. The number of nitrogens with zero attached hydrogens (tertiary/aromatic N) is 1. The molecule has 0 fully saturated rings. The minimum atomic E-state index is -1.23. The molecule has 0 atom stereocenters. The number of hydrogen-bond acceptors (Lipinski definition) is 6. The zero-order chi connectivity index (χ0) is 20.7. The molecule has 28 heavy (non-hydrogen) atoms. The Balaban J connectivity index is 2.22. The van der Waals surface area contributed by atoms with Gasteiger partial charge >= 0.3 is 5.97 Å². The van der Waals surface area contributed by atoms with Crippen LogP contribution in [0.5, 0.6) is 11.5 Å². The molecule has 0 saturated carbocycles. The molecular formula is C19H19N3O6. The first-order valence-electron chi connectivity index (χ1n) is 8.06. The average Bonchev–Trinajstić information content (AvgIpc) is 2.66. The molecule has 3 N–H and O–H groups in total. The van der Waals surface area contributed by atoms with Crippen molar-refractivity contribution in [1.82, 2.24) is 5.43 Å². The maximum Gasteiger partial charge on any atom is 0.340 e. The summed E-state index contributed by atoms with van der Waals surface area (Å²) in [5, 5.41) is 15.9. The van der Waals surface area contributed by atoms with Crippen molar-refractivity contribution in [2.75, 3.05) is 19.5 Å². The van der Waals surface area contributed by atoms with Crippen molar-refractivity contribution in [3.8, 4) is 11.5 Å². The van der Waals surface area contributed by atoms with Gasteiger partial charge in [0.2, 0.25) is 5.91 Å². The standard InChI is InChI=1S/C19H19N3O6/c1-11(23)21-14-6-4-5-12(9-14)18(24)22-20-10-13-7-8-15(27-2)17(28-3)16(13)19(25)26/h4-10H,1-3H3,(H,21,23)(H,22,24)(H,25,26). The van der Waals surface area contributed by atoms with Crippen LogP contribution in [-0.4, -0.2) is 43.3 Å². The lowest BCUT2D eigenvalue weighted by atomic mass is 10.1. The zero-order valence-electron chi connectivity index (χ0n) is 15.5. The first-order valence-corrected chi connectivity index (χ1v) is 8.06. The molecule has 146 valence electrons. The van der Waals surface area contributed by atoms with E-state index in [1.165, 1.54) is 45.6 Å². The summed E-state index contributed by atoms with van der Waals surface area (Å²) in [5.41, 5.74) is 3.13.